The van der Waals surface area contributed by atoms with Crippen molar-refractivity contribution in [3.05, 3.63) is 42.0 Å². The average Bonchev–Trinajstić information content (AvgIpc) is 2.85. The maximum atomic E-state index is 11.2. The number of carbonyl (C=O) groups is 1. The fraction of sp³-hybridized carbons (Fsp3) is 0.308. The van der Waals surface area contributed by atoms with E-state index >= 15 is 0 Å². The third-order valence-corrected chi connectivity index (χ3v) is 2.22. The topological polar surface area (TPSA) is 74.5 Å². The van der Waals surface area contributed by atoms with Gasteiger partial charge in [-0.05, 0) is 19.1 Å². The summed E-state index contributed by atoms with van der Waals surface area (Å²) in [6.45, 7) is 2.26. The van der Waals surface area contributed by atoms with Gasteiger partial charge in [-0.1, -0.05) is 23.4 Å². The molecule has 6 heteroatoms. The molecule has 0 aliphatic heterocycles. The molecule has 0 fully saturated rings. The molecule has 0 radical (unpaired) electrons. The highest BCUT2D eigenvalue weighted by molar-refractivity contribution is 5.71. The molecule has 2 rings (SSSR count). The summed E-state index contributed by atoms with van der Waals surface area (Å²) in [7, 11) is 0. The molecule has 1 aromatic carbocycles. The van der Waals surface area contributed by atoms with Crippen molar-refractivity contribution in [2.24, 2.45) is 0 Å². The number of esters is 1. The van der Waals surface area contributed by atoms with Gasteiger partial charge < -0.3 is 14.0 Å². The smallest absolute Gasteiger partial charge is 0.315 e. The van der Waals surface area contributed by atoms with Crippen molar-refractivity contribution in [3.63, 3.8) is 0 Å². The van der Waals surface area contributed by atoms with E-state index in [2.05, 4.69) is 10.1 Å². The van der Waals surface area contributed by atoms with Crippen LogP contribution in [-0.4, -0.2) is 22.7 Å². The number of nitrogens with zero attached hydrogens (tertiary/aromatic N) is 2. The quantitative estimate of drug-likeness (QED) is 0.738. The maximum Gasteiger partial charge on any atom is 0.315 e. The number of benzene rings is 1. The minimum atomic E-state index is -0.387. The number of hydrogen-bond acceptors (Lipinski definition) is 6. The molecule has 0 spiro atoms. The van der Waals surface area contributed by atoms with Crippen molar-refractivity contribution < 1.29 is 18.8 Å². The van der Waals surface area contributed by atoms with Crippen molar-refractivity contribution in [1.29, 1.82) is 0 Å². The number of hydrogen-bond donors (Lipinski definition) is 0. The molecule has 0 saturated carbocycles. The Bertz CT molecular complexity index is 524. The van der Waals surface area contributed by atoms with Crippen molar-refractivity contribution in [2.45, 2.75) is 20.0 Å². The van der Waals surface area contributed by atoms with Gasteiger partial charge in [0.25, 0.3) is 0 Å². The van der Waals surface area contributed by atoms with E-state index < -0.39 is 0 Å². The van der Waals surface area contributed by atoms with Gasteiger partial charge in [-0.25, -0.2) is 0 Å². The summed E-state index contributed by atoms with van der Waals surface area (Å²) in [4.78, 5) is 15.3. The van der Waals surface area contributed by atoms with Crippen LogP contribution in [-0.2, 0) is 22.6 Å². The van der Waals surface area contributed by atoms with Gasteiger partial charge in [0, 0.05) is 0 Å². The van der Waals surface area contributed by atoms with Crippen LogP contribution in [0.15, 0.2) is 34.9 Å². The lowest BCUT2D eigenvalue weighted by atomic mass is 10.3. The summed E-state index contributed by atoms with van der Waals surface area (Å²) in [6, 6.07) is 9.31. The minimum absolute atomic E-state index is 0.0216. The fourth-order valence-electron chi connectivity index (χ4n) is 1.42. The van der Waals surface area contributed by atoms with Crippen molar-refractivity contribution in [1.82, 2.24) is 10.1 Å². The number of para-hydroxylation sites is 1. The predicted octanol–water partition coefficient (Wildman–Crippen LogP) is 1.75. The third kappa shape index (κ3) is 4.09. The van der Waals surface area contributed by atoms with E-state index in [1.54, 1.807) is 6.92 Å². The van der Waals surface area contributed by atoms with Crippen molar-refractivity contribution >= 4 is 5.97 Å². The van der Waals surface area contributed by atoms with E-state index in [9.17, 15) is 4.79 Å². The van der Waals surface area contributed by atoms with Crippen LogP contribution in [0.25, 0.3) is 0 Å². The van der Waals surface area contributed by atoms with Crippen LogP contribution in [0.2, 0.25) is 0 Å². The molecule has 6 nitrogen and oxygen atoms in total. The molecule has 1 heterocycles. The first-order chi connectivity index (χ1) is 9.28. The molecule has 0 N–H and O–H groups in total. The largest absolute Gasteiger partial charge is 0.485 e. The first kappa shape index (κ1) is 13.1. The summed E-state index contributed by atoms with van der Waals surface area (Å²) in [5, 5.41) is 3.73. The second kappa shape index (κ2) is 6.53. The number of ether oxygens (including phenoxy) is 2. The number of rotatable bonds is 6. The van der Waals surface area contributed by atoms with Crippen LogP contribution in [0, 0.1) is 0 Å². The molecule has 0 bridgehead atoms. The second-order valence-corrected chi connectivity index (χ2v) is 3.69. The van der Waals surface area contributed by atoms with E-state index in [4.69, 9.17) is 14.0 Å². The molecule has 0 aliphatic rings. The Labute approximate surface area is 110 Å². The van der Waals surface area contributed by atoms with Gasteiger partial charge in [-0.3, -0.25) is 4.79 Å². The second-order valence-electron chi connectivity index (χ2n) is 3.69. The molecule has 2 aromatic rings. The Morgan fingerprint density at radius 1 is 1.32 bits per heavy atom. The molecule has 0 unspecified atom stereocenters. The van der Waals surface area contributed by atoms with Crippen molar-refractivity contribution in [2.75, 3.05) is 6.61 Å². The Hall–Kier alpha value is -2.37. The molecule has 0 aliphatic carbocycles. The summed E-state index contributed by atoms with van der Waals surface area (Å²) in [5.74, 6) is 0.953. The zero-order valence-corrected chi connectivity index (χ0v) is 10.5. The first-order valence-electron chi connectivity index (χ1n) is 5.93. The molecule has 100 valence electrons. The van der Waals surface area contributed by atoms with E-state index in [-0.39, 0.29) is 24.9 Å². The van der Waals surface area contributed by atoms with Crippen LogP contribution < -0.4 is 4.74 Å². The zero-order chi connectivity index (χ0) is 13.5. The van der Waals surface area contributed by atoms with E-state index in [1.807, 2.05) is 30.3 Å². The van der Waals surface area contributed by atoms with Gasteiger partial charge >= 0.3 is 5.97 Å². The molecule has 0 atom stereocenters. The Morgan fingerprint density at radius 3 is 2.84 bits per heavy atom. The van der Waals surface area contributed by atoms with Crippen LogP contribution in [0.5, 0.6) is 5.75 Å². The molecule has 0 saturated heterocycles. The van der Waals surface area contributed by atoms with E-state index in [0.29, 0.717) is 12.4 Å². The Balaban J connectivity index is 1.85. The summed E-state index contributed by atoms with van der Waals surface area (Å²) in [5.41, 5.74) is 0. The fourth-order valence-corrected chi connectivity index (χ4v) is 1.42. The van der Waals surface area contributed by atoms with Crippen LogP contribution in [0.4, 0.5) is 0 Å². The lowest BCUT2D eigenvalue weighted by Crippen LogP contribution is -2.07. The molecule has 19 heavy (non-hydrogen) atoms. The standard InChI is InChI=1S/C13H14N2O4/c1-2-17-13(16)8-12-14-11(15-19-12)9-18-10-6-4-3-5-7-10/h3-7H,2,8-9H2,1H3. The maximum absolute atomic E-state index is 11.2. The molecule has 0 amide bonds. The highest BCUT2D eigenvalue weighted by atomic mass is 16.5. The number of carbonyl (C=O) groups excluding carboxylic acids is 1. The molecule has 1 aromatic heterocycles. The summed E-state index contributed by atoms with van der Waals surface area (Å²) < 4.78 is 15.2. The highest BCUT2D eigenvalue weighted by Gasteiger charge is 2.12. The highest BCUT2D eigenvalue weighted by Crippen LogP contribution is 2.10. The van der Waals surface area contributed by atoms with Crippen LogP contribution in [0.1, 0.15) is 18.6 Å². The lowest BCUT2D eigenvalue weighted by molar-refractivity contribution is -0.142. The summed E-state index contributed by atoms with van der Waals surface area (Å²) >= 11 is 0. The molecular weight excluding hydrogens is 248 g/mol. The predicted molar refractivity (Wildman–Crippen MR) is 65.4 cm³/mol. The molecular formula is C13H14N2O4. The van der Waals surface area contributed by atoms with Crippen LogP contribution >= 0.6 is 0 Å². The van der Waals surface area contributed by atoms with Gasteiger partial charge in [0.2, 0.25) is 11.7 Å². The average molecular weight is 262 g/mol. The monoisotopic (exact) mass is 262 g/mol. The van der Waals surface area contributed by atoms with E-state index in [0.717, 1.165) is 5.75 Å². The normalized spacial score (nSPS) is 10.2. The van der Waals surface area contributed by atoms with Gasteiger partial charge in [0.15, 0.2) is 6.61 Å². The SMILES string of the molecule is CCOC(=O)Cc1nc(COc2ccccc2)no1. The minimum Gasteiger partial charge on any atom is -0.485 e. The third-order valence-electron chi connectivity index (χ3n) is 2.22. The van der Waals surface area contributed by atoms with Crippen molar-refractivity contribution in [3.8, 4) is 5.75 Å². The Morgan fingerprint density at radius 2 is 2.11 bits per heavy atom. The Kier molecular flexibility index (Phi) is 4.49. The lowest BCUT2D eigenvalue weighted by Gasteiger charge is -2.01. The first-order valence-corrected chi connectivity index (χ1v) is 5.93. The number of aromatic nitrogens is 2. The zero-order valence-electron chi connectivity index (χ0n) is 10.5. The van der Waals surface area contributed by atoms with Gasteiger partial charge in [0.1, 0.15) is 12.2 Å². The van der Waals surface area contributed by atoms with Gasteiger partial charge in [0.05, 0.1) is 6.61 Å². The summed E-state index contributed by atoms with van der Waals surface area (Å²) in [6.07, 6.45) is -0.0216. The van der Waals surface area contributed by atoms with Gasteiger partial charge in [-0.2, -0.15) is 4.98 Å². The van der Waals surface area contributed by atoms with Crippen LogP contribution in [0.3, 0.4) is 0 Å². The van der Waals surface area contributed by atoms with Gasteiger partial charge in [-0.15, -0.1) is 0 Å². The van der Waals surface area contributed by atoms with E-state index in [1.165, 1.54) is 0 Å².